The van der Waals surface area contributed by atoms with Crippen molar-refractivity contribution in [3.63, 3.8) is 0 Å². The van der Waals surface area contributed by atoms with E-state index in [1.165, 1.54) is 218 Å². The lowest BCUT2D eigenvalue weighted by Gasteiger charge is -2.18. The van der Waals surface area contributed by atoms with Crippen LogP contribution in [0.5, 0.6) is 0 Å². The van der Waals surface area contributed by atoms with Gasteiger partial charge in [0.05, 0.1) is 0 Å². The van der Waals surface area contributed by atoms with Gasteiger partial charge in [0.15, 0.2) is 6.10 Å². The van der Waals surface area contributed by atoms with Crippen molar-refractivity contribution in [3.05, 3.63) is 36.5 Å². The molecule has 398 valence electrons. The maximum atomic E-state index is 12.8. The Morgan fingerprint density at radius 3 is 0.853 bits per heavy atom. The third kappa shape index (κ3) is 54.6. The summed E-state index contributed by atoms with van der Waals surface area (Å²) in [5, 5.41) is 0. The van der Waals surface area contributed by atoms with Crippen LogP contribution in [0, 0.1) is 0 Å². The summed E-state index contributed by atoms with van der Waals surface area (Å²) in [5.41, 5.74) is 0. The molecule has 0 heterocycles. The highest BCUT2D eigenvalue weighted by Crippen LogP contribution is 2.17. The van der Waals surface area contributed by atoms with E-state index < -0.39 is 6.10 Å². The minimum atomic E-state index is -0.769. The van der Waals surface area contributed by atoms with Crippen LogP contribution < -0.4 is 0 Å². The number of hydrogen-bond acceptors (Lipinski definition) is 6. The number of carbonyl (C=O) groups is 3. The Balaban J connectivity index is 4.07. The fourth-order valence-electron chi connectivity index (χ4n) is 8.82. The predicted octanol–water partition coefficient (Wildman–Crippen LogP) is 20.0. The standard InChI is InChI=1S/C62H114O6/c1-4-7-10-13-16-18-20-22-24-26-28-29-30-31-32-33-35-36-38-40-42-44-46-49-52-55-61(64)67-58-59(57-66-60(63)54-51-48-15-12-9-6-3)68-62(65)56-53-50-47-45-43-41-39-37-34-27-25-23-21-19-17-14-11-8-5-2/h17,19,23,25-26,28,59H,4-16,18,20-22,24,27,29-58H2,1-3H3/b19-17-,25-23-,28-26-. The maximum absolute atomic E-state index is 12.8. The topological polar surface area (TPSA) is 78.9 Å². The van der Waals surface area contributed by atoms with Gasteiger partial charge in [0.25, 0.3) is 0 Å². The van der Waals surface area contributed by atoms with Gasteiger partial charge in [-0.1, -0.05) is 263 Å². The van der Waals surface area contributed by atoms with E-state index in [0.29, 0.717) is 19.3 Å². The van der Waals surface area contributed by atoms with Crippen LogP contribution in [0.25, 0.3) is 0 Å². The van der Waals surface area contributed by atoms with Gasteiger partial charge in [0.1, 0.15) is 13.2 Å². The van der Waals surface area contributed by atoms with Crippen molar-refractivity contribution in [1.82, 2.24) is 0 Å². The fourth-order valence-corrected chi connectivity index (χ4v) is 8.82. The normalized spacial score (nSPS) is 12.2. The Morgan fingerprint density at radius 1 is 0.294 bits per heavy atom. The molecule has 0 fully saturated rings. The lowest BCUT2D eigenvalue weighted by atomic mass is 10.0. The molecule has 1 unspecified atom stereocenters. The van der Waals surface area contributed by atoms with Crippen LogP contribution >= 0.6 is 0 Å². The number of carbonyl (C=O) groups excluding carboxylic acids is 3. The van der Waals surface area contributed by atoms with Crippen LogP contribution in [0.1, 0.15) is 323 Å². The van der Waals surface area contributed by atoms with Crippen molar-refractivity contribution in [3.8, 4) is 0 Å². The molecule has 68 heavy (non-hydrogen) atoms. The minimum absolute atomic E-state index is 0.0710. The molecule has 0 aromatic carbocycles. The van der Waals surface area contributed by atoms with E-state index in [-0.39, 0.29) is 31.1 Å². The summed E-state index contributed by atoms with van der Waals surface area (Å²) < 4.78 is 16.8. The van der Waals surface area contributed by atoms with E-state index in [1.807, 2.05) is 0 Å². The Kier molecular flexibility index (Phi) is 55.2. The summed E-state index contributed by atoms with van der Waals surface area (Å²) in [4.78, 5) is 37.9. The summed E-state index contributed by atoms with van der Waals surface area (Å²) in [6.45, 7) is 6.59. The van der Waals surface area contributed by atoms with Gasteiger partial charge in [-0.3, -0.25) is 14.4 Å². The van der Waals surface area contributed by atoms with E-state index in [9.17, 15) is 14.4 Å². The molecular weight excluding hydrogens is 841 g/mol. The predicted molar refractivity (Wildman–Crippen MR) is 293 cm³/mol. The van der Waals surface area contributed by atoms with E-state index in [2.05, 4.69) is 57.2 Å². The first-order valence-electron chi connectivity index (χ1n) is 30.0. The summed E-state index contributed by atoms with van der Waals surface area (Å²) in [6.07, 6.45) is 68.9. The summed E-state index contributed by atoms with van der Waals surface area (Å²) in [7, 11) is 0. The zero-order chi connectivity index (χ0) is 49.3. The summed E-state index contributed by atoms with van der Waals surface area (Å²) >= 11 is 0. The molecule has 0 aliphatic heterocycles. The second-order valence-electron chi connectivity index (χ2n) is 20.3. The number of hydrogen-bond donors (Lipinski definition) is 0. The summed E-state index contributed by atoms with van der Waals surface area (Å²) in [6, 6.07) is 0. The van der Waals surface area contributed by atoms with E-state index >= 15 is 0 Å². The Bertz CT molecular complexity index is 1140. The zero-order valence-electron chi connectivity index (χ0n) is 45.6. The molecule has 6 nitrogen and oxygen atoms in total. The minimum Gasteiger partial charge on any atom is -0.462 e. The first-order chi connectivity index (χ1) is 33.5. The van der Waals surface area contributed by atoms with Gasteiger partial charge >= 0.3 is 17.9 Å². The average Bonchev–Trinajstić information content (AvgIpc) is 3.34. The number of ether oxygens (including phenoxy) is 3. The van der Waals surface area contributed by atoms with E-state index in [4.69, 9.17) is 14.2 Å². The number of allylic oxidation sites excluding steroid dienone is 6. The van der Waals surface area contributed by atoms with Crippen LogP contribution in [0.15, 0.2) is 36.5 Å². The van der Waals surface area contributed by atoms with Crippen LogP contribution in [-0.2, 0) is 28.6 Å². The van der Waals surface area contributed by atoms with Gasteiger partial charge in [0.2, 0.25) is 0 Å². The lowest BCUT2D eigenvalue weighted by molar-refractivity contribution is -0.167. The lowest BCUT2D eigenvalue weighted by Crippen LogP contribution is -2.30. The molecule has 0 aliphatic carbocycles. The molecule has 0 aromatic rings. The molecule has 0 bridgehead atoms. The van der Waals surface area contributed by atoms with Crippen molar-refractivity contribution in [1.29, 1.82) is 0 Å². The van der Waals surface area contributed by atoms with Gasteiger partial charge < -0.3 is 14.2 Å². The smallest absolute Gasteiger partial charge is 0.306 e. The number of esters is 3. The quantitative estimate of drug-likeness (QED) is 0.0262. The van der Waals surface area contributed by atoms with Crippen LogP contribution in [0.3, 0.4) is 0 Å². The highest BCUT2D eigenvalue weighted by molar-refractivity contribution is 5.71. The molecule has 1 atom stereocenters. The molecule has 0 rings (SSSR count). The van der Waals surface area contributed by atoms with Gasteiger partial charge in [-0.25, -0.2) is 0 Å². The molecule has 0 aromatic heterocycles. The largest absolute Gasteiger partial charge is 0.462 e. The molecule has 0 amide bonds. The average molecular weight is 956 g/mol. The van der Waals surface area contributed by atoms with Crippen molar-refractivity contribution >= 4 is 17.9 Å². The number of unbranched alkanes of at least 4 members (excludes halogenated alkanes) is 38. The molecular formula is C62H114O6. The highest BCUT2D eigenvalue weighted by atomic mass is 16.6. The van der Waals surface area contributed by atoms with E-state index in [1.54, 1.807) is 0 Å². The van der Waals surface area contributed by atoms with Crippen LogP contribution in [-0.4, -0.2) is 37.2 Å². The van der Waals surface area contributed by atoms with Gasteiger partial charge in [0, 0.05) is 19.3 Å². The Labute approximate surface area is 423 Å². The fraction of sp³-hybridized carbons (Fsp3) is 0.855. The van der Waals surface area contributed by atoms with Crippen LogP contribution in [0.2, 0.25) is 0 Å². The van der Waals surface area contributed by atoms with Crippen molar-refractivity contribution in [2.45, 2.75) is 329 Å². The summed E-state index contributed by atoms with van der Waals surface area (Å²) in [5.74, 6) is -0.869. The van der Waals surface area contributed by atoms with E-state index in [0.717, 1.165) is 64.2 Å². The first kappa shape index (κ1) is 65.6. The molecule has 0 radical (unpaired) electrons. The molecule has 6 heteroatoms. The zero-order valence-corrected chi connectivity index (χ0v) is 45.6. The first-order valence-corrected chi connectivity index (χ1v) is 30.0. The van der Waals surface area contributed by atoms with Gasteiger partial charge in [-0.05, 0) is 77.0 Å². The molecule has 0 N–H and O–H groups in total. The maximum Gasteiger partial charge on any atom is 0.306 e. The second kappa shape index (κ2) is 57.2. The molecule has 0 aliphatic rings. The monoisotopic (exact) mass is 955 g/mol. The molecule has 0 saturated carbocycles. The van der Waals surface area contributed by atoms with Crippen molar-refractivity contribution in [2.24, 2.45) is 0 Å². The third-order valence-corrected chi connectivity index (χ3v) is 13.4. The third-order valence-electron chi connectivity index (χ3n) is 13.4. The Morgan fingerprint density at radius 2 is 0.529 bits per heavy atom. The van der Waals surface area contributed by atoms with Gasteiger partial charge in [-0.2, -0.15) is 0 Å². The molecule has 0 spiro atoms. The molecule has 0 saturated heterocycles. The van der Waals surface area contributed by atoms with Crippen molar-refractivity contribution in [2.75, 3.05) is 13.2 Å². The number of rotatable bonds is 55. The van der Waals surface area contributed by atoms with Gasteiger partial charge in [-0.15, -0.1) is 0 Å². The van der Waals surface area contributed by atoms with Crippen LogP contribution in [0.4, 0.5) is 0 Å². The highest BCUT2D eigenvalue weighted by Gasteiger charge is 2.19. The SMILES string of the molecule is CCCCC/C=C\C/C=C\CCCCCCCCCCCC(=O)OC(COC(=O)CCCCCCCC)COC(=O)CCCCCCCCCCCCCCC/C=C\CCCCCCCCCC. The van der Waals surface area contributed by atoms with Crippen molar-refractivity contribution < 1.29 is 28.6 Å². The Hall–Kier alpha value is -2.37. The second-order valence-corrected chi connectivity index (χ2v) is 20.3.